The minimum Gasteiger partial charge on any atom is -0.494 e. The van der Waals surface area contributed by atoms with Gasteiger partial charge in [-0.15, -0.1) is 0 Å². The van der Waals surface area contributed by atoms with E-state index in [9.17, 15) is 4.79 Å². The monoisotopic (exact) mass is 501 g/mol. The van der Waals surface area contributed by atoms with Gasteiger partial charge >= 0.3 is 0 Å². The van der Waals surface area contributed by atoms with Crippen LogP contribution < -0.4 is 10.3 Å². The summed E-state index contributed by atoms with van der Waals surface area (Å²) >= 11 is 0. The molecule has 3 rings (SSSR count). The van der Waals surface area contributed by atoms with Gasteiger partial charge in [0.1, 0.15) is 11.4 Å². The van der Waals surface area contributed by atoms with E-state index in [1.54, 1.807) is 0 Å². The van der Waals surface area contributed by atoms with Gasteiger partial charge in [-0.1, -0.05) is 89.6 Å². The molecule has 3 aromatic rings. The van der Waals surface area contributed by atoms with Crippen molar-refractivity contribution < 1.29 is 4.74 Å². The van der Waals surface area contributed by atoms with Gasteiger partial charge in [-0.2, -0.15) is 0 Å². The van der Waals surface area contributed by atoms with Gasteiger partial charge in [0.05, 0.1) is 18.3 Å². The smallest absolute Gasteiger partial charge is 0.260 e. The molecule has 5 nitrogen and oxygen atoms in total. The number of fused-ring (bicyclic) bond motifs is 1. The van der Waals surface area contributed by atoms with Crippen LogP contribution in [0.1, 0.15) is 72.6 Å². The lowest BCUT2D eigenvalue weighted by Gasteiger charge is -2.15. The van der Waals surface area contributed by atoms with Gasteiger partial charge in [0.25, 0.3) is 5.56 Å². The molecule has 1 aromatic carbocycles. The molecule has 2 N–H and O–H groups in total. The van der Waals surface area contributed by atoms with Crippen molar-refractivity contribution in [1.29, 1.82) is 0 Å². The van der Waals surface area contributed by atoms with E-state index in [4.69, 9.17) is 4.74 Å². The lowest BCUT2D eigenvalue weighted by Crippen LogP contribution is -2.09. The van der Waals surface area contributed by atoms with Crippen molar-refractivity contribution in [2.24, 2.45) is 11.8 Å². The Bertz CT molecular complexity index is 1270. The van der Waals surface area contributed by atoms with Crippen molar-refractivity contribution in [3.8, 4) is 5.75 Å². The summed E-state index contributed by atoms with van der Waals surface area (Å²) in [5.41, 5.74) is 4.46. The summed E-state index contributed by atoms with van der Waals surface area (Å²) in [6.45, 7) is 15.7. The van der Waals surface area contributed by atoms with E-state index in [1.807, 2.05) is 44.2 Å². The Labute approximate surface area is 222 Å². The van der Waals surface area contributed by atoms with Crippen LogP contribution >= 0.6 is 0 Å². The van der Waals surface area contributed by atoms with Crippen LogP contribution in [0, 0.1) is 11.8 Å². The highest BCUT2D eigenvalue weighted by atomic mass is 16.5. The first-order valence-corrected chi connectivity index (χ1v) is 13.4. The minimum atomic E-state index is -0.150. The van der Waals surface area contributed by atoms with Gasteiger partial charge in [0, 0.05) is 5.69 Å². The number of aromatic amines is 2. The highest BCUT2D eigenvalue weighted by Gasteiger charge is 2.08. The Balaban J connectivity index is 0.00000235. The molecule has 198 valence electrons. The SMILES string of the molecule is CC.CC/C=C/C=C(\C=C(C)\C=C\c1ccc(OCCC(C)C(C)C)cc1)c1cc2c(=O)[nH]cnc2[nH]1. The zero-order chi connectivity index (χ0) is 27.2. The van der Waals surface area contributed by atoms with E-state index in [-0.39, 0.29) is 5.56 Å². The maximum atomic E-state index is 12.1. The molecule has 0 radical (unpaired) electrons. The van der Waals surface area contributed by atoms with Crippen LogP contribution in [-0.2, 0) is 0 Å². The van der Waals surface area contributed by atoms with Crippen molar-refractivity contribution in [3.05, 3.63) is 94.2 Å². The van der Waals surface area contributed by atoms with E-state index in [1.165, 1.54) is 6.33 Å². The number of rotatable bonds is 11. The molecule has 5 heteroatoms. The maximum absolute atomic E-state index is 12.1. The molecule has 0 aliphatic carbocycles. The number of hydrogen-bond acceptors (Lipinski definition) is 3. The van der Waals surface area contributed by atoms with Gasteiger partial charge in [-0.05, 0) is 67.0 Å². The summed E-state index contributed by atoms with van der Waals surface area (Å²) in [5, 5.41) is 0.551. The summed E-state index contributed by atoms with van der Waals surface area (Å²) in [7, 11) is 0. The molecule has 37 heavy (non-hydrogen) atoms. The van der Waals surface area contributed by atoms with Crippen LogP contribution in [0.15, 0.2) is 77.4 Å². The third-order valence-electron chi connectivity index (χ3n) is 6.17. The Morgan fingerprint density at radius 3 is 2.51 bits per heavy atom. The number of hydrogen-bond donors (Lipinski definition) is 2. The van der Waals surface area contributed by atoms with Crippen LogP contribution in [0.4, 0.5) is 0 Å². The van der Waals surface area contributed by atoms with Crippen LogP contribution in [0.5, 0.6) is 5.75 Å². The number of allylic oxidation sites excluding steroid dienone is 7. The first-order chi connectivity index (χ1) is 17.9. The summed E-state index contributed by atoms with van der Waals surface area (Å²) in [6.07, 6.45) is 15.9. The summed E-state index contributed by atoms with van der Waals surface area (Å²) in [4.78, 5) is 22.2. The van der Waals surface area contributed by atoms with Gasteiger partial charge in [0.2, 0.25) is 0 Å². The molecule has 2 aromatic heterocycles. The van der Waals surface area contributed by atoms with Crippen LogP contribution in [0.2, 0.25) is 0 Å². The molecule has 2 heterocycles. The molecule has 0 fully saturated rings. The third kappa shape index (κ3) is 9.41. The third-order valence-corrected chi connectivity index (χ3v) is 6.17. The van der Waals surface area contributed by atoms with E-state index >= 15 is 0 Å². The maximum Gasteiger partial charge on any atom is 0.260 e. The molecular weight excluding hydrogens is 458 g/mol. The normalized spacial score (nSPS) is 13.4. The van der Waals surface area contributed by atoms with E-state index < -0.39 is 0 Å². The van der Waals surface area contributed by atoms with Gasteiger partial charge in [-0.3, -0.25) is 4.79 Å². The predicted molar refractivity (Wildman–Crippen MR) is 159 cm³/mol. The van der Waals surface area contributed by atoms with Crippen molar-refractivity contribution >= 4 is 22.7 Å². The molecule has 1 atom stereocenters. The Morgan fingerprint density at radius 2 is 1.86 bits per heavy atom. The molecule has 0 saturated heterocycles. The second kappa shape index (κ2) is 15.5. The first-order valence-electron chi connectivity index (χ1n) is 13.4. The molecule has 0 aliphatic heterocycles. The standard InChI is InChI=1S/C30H37N3O2.C2H6/c1-6-7-8-9-25(28-19-27-29(33-28)31-20-32-30(27)34)18-22(4)10-11-24-12-14-26(15-13-24)35-17-16-23(5)21(2)3;1-2/h7-15,18-21,23H,6,16-17H2,1-5H3,(H2,31,32,33,34);1-2H3/b8-7+,11-10+,22-18+,25-9+;. The zero-order valence-corrected chi connectivity index (χ0v) is 23.5. The Kier molecular flexibility index (Phi) is 12.4. The highest BCUT2D eigenvalue weighted by Crippen LogP contribution is 2.22. The predicted octanol–water partition coefficient (Wildman–Crippen LogP) is 8.35. The first kappa shape index (κ1) is 29.6. The molecule has 0 amide bonds. The zero-order valence-electron chi connectivity index (χ0n) is 23.5. The van der Waals surface area contributed by atoms with Crippen LogP contribution in [0.3, 0.4) is 0 Å². The number of benzene rings is 1. The van der Waals surface area contributed by atoms with Crippen molar-refractivity contribution in [1.82, 2.24) is 15.0 Å². The summed E-state index contributed by atoms with van der Waals surface area (Å²) in [6, 6.07) is 10.0. The average Bonchev–Trinajstić information content (AvgIpc) is 3.34. The van der Waals surface area contributed by atoms with Crippen molar-refractivity contribution in [2.75, 3.05) is 6.61 Å². The number of H-pyrrole nitrogens is 2. The lowest BCUT2D eigenvalue weighted by molar-refractivity contribution is 0.259. The fourth-order valence-corrected chi connectivity index (χ4v) is 3.52. The fourth-order valence-electron chi connectivity index (χ4n) is 3.52. The fraction of sp³-hybridized carbons (Fsp3) is 0.375. The summed E-state index contributed by atoms with van der Waals surface area (Å²) in [5.74, 6) is 2.24. The molecular formula is C32H43N3O2. The van der Waals surface area contributed by atoms with Crippen molar-refractivity contribution in [3.63, 3.8) is 0 Å². The molecule has 1 unspecified atom stereocenters. The number of aromatic nitrogens is 3. The molecule has 0 bridgehead atoms. The average molecular weight is 502 g/mol. The Hall–Kier alpha value is -3.60. The Morgan fingerprint density at radius 1 is 1.14 bits per heavy atom. The van der Waals surface area contributed by atoms with E-state index in [0.717, 1.165) is 47.6 Å². The van der Waals surface area contributed by atoms with Crippen LogP contribution in [-0.4, -0.2) is 21.6 Å². The minimum absolute atomic E-state index is 0.150. The van der Waals surface area contributed by atoms with Crippen LogP contribution in [0.25, 0.3) is 22.7 Å². The van der Waals surface area contributed by atoms with Gasteiger partial charge < -0.3 is 14.7 Å². The largest absolute Gasteiger partial charge is 0.494 e. The van der Waals surface area contributed by atoms with Gasteiger partial charge in [0.15, 0.2) is 0 Å². The number of ether oxygens (including phenoxy) is 1. The lowest BCUT2D eigenvalue weighted by atomic mass is 9.95. The van der Waals surface area contributed by atoms with Crippen molar-refractivity contribution in [2.45, 2.75) is 61.3 Å². The molecule has 0 spiro atoms. The summed E-state index contributed by atoms with van der Waals surface area (Å²) < 4.78 is 5.91. The second-order valence-electron chi connectivity index (χ2n) is 9.28. The molecule has 0 aliphatic rings. The molecule has 0 saturated carbocycles. The van der Waals surface area contributed by atoms with Gasteiger partial charge in [-0.25, -0.2) is 4.98 Å². The number of nitrogens with zero attached hydrogens (tertiary/aromatic N) is 1. The quantitative estimate of drug-likeness (QED) is 0.259. The van der Waals surface area contributed by atoms with E-state index in [2.05, 4.69) is 86.0 Å². The topological polar surface area (TPSA) is 70.8 Å². The highest BCUT2D eigenvalue weighted by molar-refractivity contribution is 5.84. The second-order valence-corrected chi connectivity index (χ2v) is 9.28. The van der Waals surface area contributed by atoms with E-state index in [0.29, 0.717) is 22.9 Å². The number of nitrogens with one attached hydrogen (secondary N) is 2.